The standard InChI is InChI=1S/C12H10ClNO3S/c13-8-1-2-10(9(14)5-8)18-6-7-3-4-17-11(7)12(15)16/h1-5H,6,14H2,(H,15,16). The molecule has 3 N–H and O–H groups in total. The Bertz CT molecular complexity index is 582. The van der Waals surface area contributed by atoms with Crippen molar-refractivity contribution in [3.8, 4) is 0 Å². The molecule has 0 aliphatic rings. The molecule has 0 amide bonds. The van der Waals surface area contributed by atoms with Gasteiger partial charge in [-0.3, -0.25) is 0 Å². The fourth-order valence-electron chi connectivity index (χ4n) is 1.44. The van der Waals surface area contributed by atoms with Crippen molar-refractivity contribution >= 4 is 35.0 Å². The molecule has 0 spiro atoms. The van der Waals surface area contributed by atoms with Crippen molar-refractivity contribution in [2.75, 3.05) is 5.73 Å². The summed E-state index contributed by atoms with van der Waals surface area (Å²) in [6, 6.07) is 6.86. The van der Waals surface area contributed by atoms with E-state index in [1.807, 2.05) is 6.07 Å². The maximum atomic E-state index is 10.9. The second kappa shape index (κ2) is 5.37. The van der Waals surface area contributed by atoms with Crippen molar-refractivity contribution in [2.45, 2.75) is 10.6 Å². The molecule has 0 radical (unpaired) electrons. The molecule has 6 heteroatoms. The predicted molar refractivity (Wildman–Crippen MR) is 71.1 cm³/mol. The summed E-state index contributed by atoms with van der Waals surface area (Å²) < 4.78 is 4.90. The highest BCUT2D eigenvalue weighted by atomic mass is 35.5. The molecule has 1 heterocycles. The molecule has 94 valence electrons. The molecule has 0 saturated heterocycles. The Labute approximate surface area is 113 Å². The van der Waals surface area contributed by atoms with Crippen LogP contribution in [0.4, 0.5) is 5.69 Å². The van der Waals surface area contributed by atoms with Crippen LogP contribution in [0.5, 0.6) is 0 Å². The summed E-state index contributed by atoms with van der Waals surface area (Å²) in [5, 5.41) is 9.47. The van der Waals surface area contributed by atoms with Crippen LogP contribution in [0.3, 0.4) is 0 Å². The van der Waals surface area contributed by atoms with Crippen molar-refractivity contribution in [3.63, 3.8) is 0 Å². The maximum absolute atomic E-state index is 10.9. The molecule has 0 fully saturated rings. The zero-order chi connectivity index (χ0) is 13.1. The molecule has 18 heavy (non-hydrogen) atoms. The molecule has 0 bridgehead atoms. The summed E-state index contributed by atoms with van der Waals surface area (Å²) in [4.78, 5) is 11.7. The largest absolute Gasteiger partial charge is 0.475 e. The normalized spacial score (nSPS) is 10.5. The van der Waals surface area contributed by atoms with Gasteiger partial charge >= 0.3 is 5.97 Å². The molecule has 0 aliphatic carbocycles. The summed E-state index contributed by atoms with van der Waals surface area (Å²) in [5.74, 6) is -0.626. The van der Waals surface area contributed by atoms with Gasteiger partial charge in [0, 0.05) is 26.9 Å². The average Bonchev–Trinajstić information content (AvgIpc) is 2.76. The minimum atomic E-state index is -1.07. The van der Waals surface area contributed by atoms with Gasteiger partial charge in [-0.1, -0.05) is 11.6 Å². The minimum absolute atomic E-state index is 0.0324. The molecule has 2 aromatic rings. The molecule has 0 aliphatic heterocycles. The second-order valence-electron chi connectivity index (χ2n) is 3.55. The van der Waals surface area contributed by atoms with Crippen LogP contribution in [-0.4, -0.2) is 11.1 Å². The Balaban J connectivity index is 2.11. The first kappa shape index (κ1) is 12.9. The number of anilines is 1. The molecular formula is C12H10ClNO3S. The molecule has 0 saturated carbocycles. The van der Waals surface area contributed by atoms with Gasteiger partial charge in [-0.05, 0) is 24.3 Å². The van der Waals surface area contributed by atoms with Gasteiger partial charge in [0.1, 0.15) is 0 Å². The van der Waals surface area contributed by atoms with Crippen LogP contribution in [0.25, 0.3) is 0 Å². The summed E-state index contributed by atoms with van der Waals surface area (Å²) in [6.45, 7) is 0. The number of furan rings is 1. The highest BCUT2D eigenvalue weighted by molar-refractivity contribution is 7.98. The number of carbonyl (C=O) groups is 1. The predicted octanol–water partition coefficient (Wildman–Crippen LogP) is 3.51. The molecule has 0 atom stereocenters. The molecule has 2 rings (SSSR count). The highest BCUT2D eigenvalue weighted by Gasteiger charge is 2.14. The lowest BCUT2D eigenvalue weighted by Crippen LogP contribution is -1.97. The number of halogens is 1. The number of rotatable bonds is 4. The lowest BCUT2D eigenvalue weighted by atomic mass is 10.3. The van der Waals surface area contributed by atoms with Crippen LogP contribution in [0.15, 0.2) is 39.8 Å². The molecule has 1 aromatic carbocycles. The van der Waals surface area contributed by atoms with E-state index in [0.29, 0.717) is 22.0 Å². The van der Waals surface area contributed by atoms with E-state index in [1.54, 1.807) is 18.2 Å². The summed E-state index contributed by atoms with van der Waals surface area (Å²) in [7, 11) is 0. The van der Waals surface area contributed by atoms with E-state index >= 15 is 0 Å². The fraction of sp³-hybridized carbons (Fsp3) is 0.0833. The number of hydrogen-bond donors (Lipinski definition) is 2. The van der Waals surface area contributed by atoms with Crippen LogP contribution >= 0.6 is 23.4 Å². The molecule has 4 nitrogen and oxygen atoms in total. The monoisotopic (exact) mass is 283 g/mol. The number of nitrogen functional groups attached to an aromatic ring is 1. The van der Waals surface area contributed by atoms with Crippen LogP contribution in [0.1, 0.15) is 16.1 Å². The van der Waals surface area contributed by atoms with Gasteiger partial charge in [0.25, 0.3) is 0 Å². The van der Waals surface area contributed by atoms with Crippen LogP contribution < -0.4 is 5.73 Å². The van der Waals surface area contributed by atoms with Crippen molar-refractivity contribution in [2.24, 2.45) is 0 Å². The third kappa shape index (κ3) is 2.80. The first-order valence-electron chi connectivity index (χ1n) is 5.05. The number of benzene rings is 1. The third-order valence-electron chi connectivity index (χ3n) is 2.30. The zero-order valence-electron chi connectivity index (χ0n) is 9.22. The van der Waals surface area contributed by atoms with Gasteiger partial charge in [0.15, 0.2) is 0 Å². The van der Waals surface area contributed by atoms with E-state index in [1.165, 1.54) is 18.0 Å². The van der Waals surface area contributed by atoms with Crippen LogP contribution in [0.2, 0.25) is 5.02 Å². The van der Waals surface area contributed by atoms with Gasteiger partial charge in [0.05, 0.1) is 6.26 Å². The van der Waals surface area contributed by atoms with Crippen molar-refractivity contribution in [3.05, 3.63) is 46.9 Å². The SMILES string of the molecule is Nc1cc(Cl)ccc1SCc1ccoc1C(=O)O. The van der Waals surface area contributed by atoms with Gasteiger partial charge in [-0.15, -0.1) is 11.8 Å². The third-order valence-corrected chi connectivity index (χ3v) is 3.67. The molecule has 1 aromatic heterocycles. The zero-order valence-corrected chi connectivity index (χ0v) is 10.8. The number of carboxylic acid groups (broad SMARTS) is 1. The summed E-state index contributed by atoms with van der Waals surface area (Å²) in [6.07, 6.45) is 1.37. The first-order valence-corrected chi connectivity index (χ1v) is 6.42. The second-order valence-corrected chi connectivity index (χ2v) is 5.00. The van der Waals surface area contributed by atoms with E-state index < -0.39 is 5.97 Å². The van der Waals surface area contributed by atoms with Gasteiger partial charge < -0.3 is 15.3 Å². The lowest BCUT2D eigenvalue weighted by molar-refractivity contribution is 0.0661. The minimum Gasteiger partial charge on any atom is -0.475 e. The Hall–Kier alpha value is -1.59. The Morgan fingerprint density at radius 2 is 2.22 bits per heavy atom. The van der Waals surface area contributed by atoms with Crippen molar-refractivity contribution < 1.29 is 14.3 Å². The van der Waals surface area contributed by atoms with Gasteiger partial charge in [0.2, 0.25) is 5.76 Å². The van der Waals surface area contributed by atoms with E-state index in [0.717, 1.165) is 4.90 Å². The molecular weight excluding hydrogens is 274 g/mol. The number of nitrogens with two attached hydrogens (primary N) is 1. The van der Waals surface area contributed by atoms with E-state index in [9.17, 15) is 4.79 Å². The number of aromatic carboxylic acids is 1. The van der Waals surface area contributed by atoms with E-state index in [-0.39, 0.29) is 5.76 Å². The number of thioether (sulfide) groups is 1. The van der Waals surface area contributed by atoms with Crippen LogP contribution in [0, 0.1) is 0 Å². The smallest absolute Gasteiger partial charge is 0.372 e. The highest BCUT2D eigenvalue weighted by Crippen LogP contribution is 2.31. The first-order chi connectivity index (χ1) is 8.58. The summed E-state index contributed by atoms with van der Waals surface area (Å²) >= 11 is 7.24. The van der Waals surface area contributed by atoms with Crippen molar-refractivity contribution in [1.29, 1.82) is 0 Å². The van der Waals surface area contributed by atoms with Crippen LogP contribution in [-0.2, 0) is 5.75 Å². The Morgan fingerprint density at radius 3 is 2.89 bits per heavy atom. The Morgan fingerprint density at radius 1 is 1.44 bits per heavy atom. The number of hydrogen-bond acceptors (Lipinski definition) is 4. The fourth-order valence-corrected chi connectivity index (χ4v) is 2.55. The lowest BCUT2D eigenvalue weighted by Gasteiger charge is -2.05. The average molecular weight is 284 g/mol. The quantitative estimate of drug-likeness (QED) is 0.663. The molecule has 0 unspecified atom stereocenters. The van der Waals surface area contributed by atoms with Gasteiger partial charge in [-0.2, -0.15) is 0 Å². The topological polar surface area (TPSA) is 76.5 Å². The van der Waals surface area contributed by atoms with E-state index in [2.05, 4.69) is 0 Å². The number of carboxylic acids is 1. The Kier molecular flexibility index (Phi) is 3.84. The summed E-state index contributed by atoms with van der Waals surface area (Å²) in [5.41, 5.74) is 7.02. The van der Waals surface area contributed by atoms with Gasteiger partial charge in [-0.25, -0.2) is 4.79 Å². The van der Waals surface area contributed by atoms with Crippen molar-refractivity contribution in [1.82, 2.24) is 0 Å². The van der Waals surface area contributed by atoms with E-state index in [4.69, 9.17) is 26.9 Å². The maximum Gasteiger partial charge on any atom is 0.372 e.